The SMILES string of the molecule is c1ccc(-c2ccc3c(c2)c2ccccc2n3-c2nc(-c3ccccc3)nc(-c3cccc(-c4ccc(-c5ccccc5)c5oc6ccccc6c45)c3)n2)cc1. The molecule has 0 aliphatic carbocycles. The molecular weight excluding hydrogens is 685 g/mol. The maximum Gasteiger partial charge on any atom is 0.238 e. The third-order valence-corrected chi connectivity index (χ3v) is 10.7. The smallest absolute Gasteiger partial charge is 0.238 e. The fraction of sp³-hybridized carbons (Fsp3) is 0. The number of hydrogen-bond acceptors (Lipinski definition) is 4. The molecule has 0 saturated carbocycles. The first kappa shape index (κ1) is 31.9. The van der Waals surface area contributed by atoms with Gasteiger partial charge in [-0.3, -0.25) is 4.57 Å². The number of hydrogen-bond donors (Lipinski definition) is 0. The number of nitrogens with zero attached hydrogens (tertiary/aromatic N) is 4. The molecule has 0 radical (unpaired) electrons. The molecule has 0 amide bonds. The lowest BCUT2D eigenvalue weighted by Gasteiger charge is -2.12. The maximum atomic E-state index is 6.60. The van der Waals surface area contributed by atoms with Gasteiger partial charge in [-0.25, -0.2) is 4.98 Å². The van der Waals surface area contributed by atoms with Crippen molar-refractivity contribution in [1.29, 1.82) is 0 Å². The zero-order chi connectivity index (χ0) is 37.0. The Labute approximate surface area is 322 Å². The van der Waals surface area contributed by atoms with Crippen molar-refractivity contribution in [2.24, 2.45) is 0 Å². The van der Waals surface area contributed by atoms with E-state index >= 15 is 0 Å². The van der Waals surface area contributed by atoms with E-state index in [0.29, 0.717) is 17.6 Å². The highest BCUT2D eigenvalue weighted by Gasteiger charge is 2.20. The fourth-order valence-corrected chi connectivity index (χ4v) is 8.05. The Kier molecular flexibility index (Phi) is 7.42. The first-order valence-corrected chi connectivity index (χ1v) is 18.8. The number of rotatable bonds is 6. The molecule has 11 rings (SSSR count). The number of fused-ring (bicyclic) bond motifs is 6. The van der Waals surface area contributed by atoms with Gasteiger partial charge in [-0.1, -0.05) is 158 Å². The van der Waals surface area contributed by atoms with E-state index < -0.39 is 0 Å². The lowest BCUT2D eigenvalue weighted by Crippen LogP contribution is -2.06. The minimum atomic E-state index is 0.563. The van der Waals surface area contributed by atoms with Crippen molar-refractivity contribution in [1.82, 2.24) is 19.5 Å². The summed E-state index contributed by atoms with van der Waals surface area (Å²) in [5.74, 6) is 1.77. The van der Waals surface area contributed by atoms with Crippen molar-refractivity contribution >= 4 is 43.7 Å². The average Bonchev–Trinajstić information content (AvgIpc) is 3.83. The summed E-state index contributed by atoms with van der Waals surface area (Å²) in [5.41, 5.74) is 12.3. The van der Waals surface area contributed by atoms with Crippen LogP contribution in [0.2, 0.25) is 0 Å². The topological polar surface area (TPSA) is 56.7 Å². The molecule has 0 fully saturated rings. The average molecular weight is 717 g/mol. The van der Waals surface area contributed by atoms with Crippen LogP contribution in [0, 0.1) is 0 Å². The molecule has 5 heteroatoms. The zero-order valence-electron chi connectivity index (χ0n) is 30.2. The van der Waals surface area contributed by atoms with Crippen molar-refractivity contribution in [3.63, 3.8) is 0 Å². The molecule has 0 aliphatic heterocycles. The molecule has 0 saturated heterocycles. The van der Waals surface area contributed by atoms with E-state index in [2.05, 4.69) is 144 Å². The molecule has 0 N–H and O–H groups in total. The highest BCUT2D eigenvalue weighted by Crippen LogP contribution is 2.42. The highest BCUT2D eigenvalue weighted by atomic mass is 16.3. The van der Waals surface area contributed by atoms with Gasteiger partial charge in [0.25, 0.3) is 0 Å². The molecule has 0 aliphatic rings. The molecule has 0 unspecified atom stereocenters. The van der Waals surface area contributed by atoms with Crippen LogP contribution in [0.1, 0.15) is 0 Å². The maximum absolute atomic E-state index is 6.60. The summed E-state index contributed by atoms with van der Waals surface area (Å²) in [6.07, 6.45) is 0. The minimum Gasteiger partial charge on any atom is -0.455 e. The van der Waals surface area contributed by atoms with Crippen LogP contribution in [-0.2, 0) is 0 Å². The van der Waals surface area contributed by atoms with Crippen molar-refractivity contribution in [3.05, 3.63) is 194 Å². The van der Waals surface area contributed by atoms with Crippen LogP contribution < -0.4 is 0 Å². The third kappa shape index (κ3) is 5.29. The summed E-state index contributed by atoms with van der Waals surface area (Å²) in [6.45, 7) is 0. The number of benzene rings is 8. The second kappa shape index (κ2) is 13.0. The van der Waals surface area contributed by atoms with Gasteiger partial charge < -0.3 is 4.42 Å². The molecule has 3 heterocycles. The second-order valence-electron chi connectivity index (χ2n) is 14.0. The van der Waals surface area contributed by atoms with Crippen LogP contribution in [-0.4, -0.2) is 19.5 Å². The lowest BCUT2D eigenvalue weighted by molar-refractivity contribution is 0.670. The molecular formula is C51H32N4O. The van der Waals surface area contributed by atoms with Crippen molar-refractivity contribution < 1.29 is 4.42 Å². The summed E-state index contributed by atoms with van der Waals surface area (Å²) in [5, 5.41) is 4.44. The third-order valence-electron chi connectivity index (χ3n) is 10.7. The van der Waals surface area contributed by atoms with Crippen molar-refractivity contribution in [3.8, 4) is 62.1 Å². The van der Waals surface area contributed by atoms with Gasteiger partial charge in [0.15, 0.2) is 11.6 Å². The summed E-state index contributed by atoms with van der Waals surface area (Å²) < 4.78 is 8.77. The van der Waals surface area contributed by atoms with Gasteiger partial charge in [-0.15, -0.1) is 0 Å². The van der Waals surface area contributed by atoms with Gasteiger partial charge >= 0.3 is 0 Å². The zero-order valence-corrected chi connectivity index (χ0v) is 30.2. The largest absolute Gasteiger partial charge is 0.455 e. The Bertz CT molecular complexity index is 3240. The van der Waals surface area contributed by atoms with E-state index in [1.54, 1.807) is 0 Å². The Balaban J connectivity index is 1.11. The van der Waals surface area contributed by atoms with Crippen LogP contribution in [0.15, 0.2) is 199 Å². The van der Waals surface area contributed by atoms with Gasteiger partial charge in [0, 0.05) is 38.2 Å². The van der Waals surface area contributed by atoms with Gasteiger partial charge in [-0.2, -0.15) is 9.97 Å². The number of aromatic nitrogens is 4. The number of para-hydroxylation sites is 2. The Morgan fingerprint density at radius 2 is 0.946 bits per heavy atom. The first-order valence-electron chi connectivity index (χ1n) is 18.8. The summed E-state index contributed by atoms with van der Waals surface area (Å²) in [7, 11) is 0. The Hall–Kier alpha value is -7.63. The van der Waals surface area contributed by atoms with Gasteiger partial charge in [0.2, 0.25) is 5.95 Å². The Morgan fingerprint density at radius 3 is 1.73 bits per heavy atom. The molecule has 0 atom stereocenters. The van der Waals surface area contributed by atoms with E-state index in [0.717, 1.165) is 82.7 Å². The van der Waals surface area contributed by atoms with Gasteiger partial charge in [0.05, 0.1) is 11.0 Å². The van der Waals surface area contributed by atoms with Crippen molar-refractivity contribution in [2.75, 3.05) is 0 Å². The van der Waals surface area contributed by atoms with E-state index in [1.165, 1.54) is 5.56 Å². The van der Waals surface area contributed by atoms with Crippen LogP contribution in [0.3, 0.4) is 0 Å². The summed E-state index contributed by atoms with van der Waals surface area (Å²) in [4.78, 5) is 15.6. The van der Waals surface area contributed by atoms with E-state index in [9.17, 15) is 0 Å². The van der Waals surface area contributed by atoms with Crippen molar-refractivity contribution in [2.45, 2.75) is 0 Å². The molecule has 56 heavy (non-hydrogen) atoms. The molecule has 262 valence electrons. The van der Waals surface area contributed by atoms with E-state index in [4.69, 9.17) is 19.4 Å². The monoisotopic (exact) mass is 716 g/mol. The first-order chi connectivity index (χ1) is 27.8. The summed E-state index contributed by atoms with van der Waals surface area (Å²) in [6, 6.07) is 67.4. The molecule has 3 aromatic heterocycles. The van der Waals surface area contributed by atoms with Crippen LogP contribution in [0.25, 0.3) is 106 Å². The van der Waals surface area contributed by atoms with Gasteiger partial charge in [-0.05, 0) is 64.2 Å². The molecule has 8 aromatic carbocycles. The van der Waals surface area contributed by atoms with Crippen LogP contribution >= 0.6 is 0 Å². The van der Waals surface area contributed by atoms with E-state index in [-0.39, 0.29) is 0 Å². The predicted molar refractivity (Wildman–Crippen MR) is 229 cm³/mol. The van der Waals surface area contributed by atoms with Gasteiger partial charge in [0.1, 0.15) is 11.2 Å². The highest BCUT2D eigenvalue weighted by molar-refractivity contribution is 6.16. The van der Waals surface area contributed by atoms with Crippen LogP contribution in [0.5, 0.6) is 0 Å². The normalized spacial score (nSPS) is 11.6. The lowest BCUT2D eigenvalue weighted by atomic mass is 9.94. The second-order valence-corrected chi connectivity index (χ2v) is 14.0. The fourth-order valence-electron chi connectivity index (χ4n) is 8.05. The quantitative estimate of drug-likeness (QED) is 0.172. The number of furan rings is 1. The van der Waals surface area contributed by atoms with Crippen LogP contribution in [0.4, 0.5) is 0 Å². The van der Waals surface area contributed by atoms with E-state index in [1.807, 2.05) is 54.6 Å². The minimum absolute atomic E-state index is 0.563. The molecule has 0 bridgehead atoms. The standard InChI is InChI=1S/C51H32N4O/c1-4-15-33(16-5-1)36-27-30-45-43(32-36)41-23-10-12-25-44(41)55(45)51-53-49(35-19-8-3-9-20-35)52-50(54-51)38-22-14-21-37(31-38)39-28-29-40(34-17-6-2-7-18-34)48-47(39)42-24-11-13-26-46(42)56-48/h1-32H. The predicted octanol–water partition coefficient (Wildman–Crippen LogP) is 13.2. The molecule has 0 spiro atoms. The summed E-state index contributed by atoms with van der Waals surface area (Å²) >= 11 is 0. The molecule has 5 nitrogen and oxygen atoms in total. The Morgan fingerprint density at radius 1 is 0.357 bits per heavy atom. The molecule has 11 aromatic rings.